The van der Waals surface area contributed by atoms with Crippen LogP contribution in [0.1, 0.15) is 55.6 Å². The fourth-order valence-corrected chi connectivity index (χ4v) is 6.05. The third-order valence-corrected chi connectivity index (χ3v) is 7.77. The number of alkyl carbamates (subject to hydrolysis) is 1. The average molecular weight is 477 g/mol. The van der Waals surface area contributed by atoms with Gasteiger partial charge in [0.25, 0.3) is 0 Å². The van der Waals surface area contributed by atoms with Crippen LogP contribution in [0.5, 0.6) is 0 Å². The highest BCUT2D eigenvalue weighted by Crippen LogP contribution is 2.44. The van der Waals surface area contributed by atoms with Crippen molar-refractivity contribution >= 4 is 18.0 Å². The van der Waals surface area contributed by atoms with E-state index in [2.05, 4.69) is 29.6 Å². The molecule has 2 aromatic rings. The van der Waals surface area contributed by atoms with Gasteiger partial charge >= 0.3 is 12.1 Å². The maximum absolute atomic E-state index is 12.7. The summed E-state index contributed by atoms with van der Waals surface area (Å²) in [6, 6.07) is 16.6. The number of aliphatic carboxylic acids is 1. The van der Waals surface area contributed by atoms with Gasteiger partial charge in [0.15, 0.2) is 0 Å². The lowest BCUT2D eigenvalue weighted by atomic mass is 9.98. The number of hydrogen-bond donors (Lipinski definition) is 2. The Bertz CT molecular complexity index is 1070. The molecule has 3 atom stereocenters. The van der Waals surface area contributed by atoms with Crippen molar-refractivity contribution in [2.24, 2.45) is 11.8 Å². The number of ether oxygens (including phenoxy) is 1. The van der Waals surface area contributed by atoms with Crippen LogP contribution in [0.4, 0.5) is 4.79 Å². The molecule has 1 aliphatic heterocycles. The molecule has 0 aromatic heterocycles. The van der Waals surface area contributed by atoms with Crippen LogP contribution in [0.15, 0.2) is 48.5 Å². The van der Waals surface area contributed by atoms with Crippen molar-refractivity contribution in [1.82, 2.24) is 10.2 Å². The first-order chi connectivity index (χ1) is 17.0. The van der Waals surface area contributed by atoms with Crippen LogP contribution in [-0.4, -0.2) is 53.7 Å². The Kier molecular flexibility index (Phi) is 6.75. The quantitative estimate of drug-likeness (QED) is 0.617. The molecule has 35 heavy (non-hydrogen) atoms. The van der Waals surface area contributed by atoms with Crippen LogP contribution in [0.3, 0.4) is 0 Å². The van der Waals surface area contributed by atoms with Crippen molar-refractivity contribution in [3.8, 4) is 11.1 Å². The summed E-state index contributed by atoms with van der Waals surface area (Å²) in [4.78, 5) is 38.0. The zero-order valence-corrected chi connectivity index (χ0v) is 19.8. The number of nitrogens with zero attached hydrogens (tertiary/aromatic N) is 1. The summed E-state index contributed by atoms with van der Waals surface area (Å²) in [7, 11) is 0. The minimum absolute atomic E-state index is 0.0155. The first-order valence-electron chi connectivity index (χ1n) is 12.6. The topological polar surface area (TPSA) is 95.9 Å². The molecule has 2 N–H and O–H groups in total. The molecule has 7 nitrogen and oxygen atoms in total. The molecule has 2 amide bonds. The molecular weight excluding hydrogens is 444 g/mol. The van der Waals surface area contributed by atoms with Gasteiger partial charge < -0.3 is 20.1 Å². The Morgan fingerprint density at radius 3 is 2.29 bits per heavy atom. The van der Waals surface area contributed by atoms with E-state index in [0.717, 1.165) is 25.7 Å². The average Bonchev–Trinajstić information content (AvgIpc) is 3.55. The van der Waals surface area contributed by atoms with E-state index in [0.29, 0.717) is 26.1 Å². The van der Waals surface area contributed by atoms with E-state index >= 15 is 0 Å². The van der Waals surface area contributed by atoms with E-state index < -0.39 is 12.1 Å². The minimum atomic E-state index is -0.803. The van der Waals surface area contributed by atoms with E-state index in [4.69, 9.17) is 9.84 Å². The number of rotatable bonds is 7. The molecule has 0 spiro atoms. The second-order valence-corrected chi connectivity index (χ2v) is 10.1. The predicted octanol–water partition coefficient (Wildman–Crippen LogP) is 4.41. The standard InChI is InChI=1S/C28H32N2O5/c31-26(30-12-11-19(16-30)15-27(32)33)14-18-9-10-20(13-18)29-28(34)35-17-25-23-7-3-1-5-21(23)22-6-2-4-8-24(22)25/h1-8,18-20,25H,9-17H2,(H,29,34)(H,32,33)/t18-,19?,20+/m0/s1. The lowest BCUT2D eigenvalue weighted by Crippen LogP contribution is -2.34. The second kappa shape index (κ2) is 10.1. The van der Waals surface area contributed by atoms with Crippen molar-refractivity contribution in [3.63, 3.8) is 0 Å². The summed E-state index contributed by atoms with van der Waals surface area (Å²) in [5.41, 5.74) is 4.78. The number of carbonyl (C=O) groups is 3. The van der Waals surface area contributed by atoms with Crippen molar-refractivity contribution in [2.45, 2.75) is 50.5 Å². The van der Waals surface area contributed by atoms with Crippen LogP contribution in [0, 0.1) is 11.8 Å². The molecule has 2 aliphatic carbocycles. The summed E-state index contributed by atoms with van der Waals surface area (Å²) in [6.45, 7) is 1.48. The van der Waals surface area contributed by atoms with Gasteiger partial charge in [-0.2, -0.15) is 0 Å². The number of hydrogen-bond acceptors (Lipinski definition) is 4. The van der Waals surface area contributed by atoms with Gasteiger partial charge in [0.05, 0.1) is 0 Å². The zero-order chi connectivity index (χ0) is 24.4. The molecule has 0 bridgehead atoms. The lowest BCUT2D eigenvalue weighted by Gasteiger charge is -2.19. The molecule has 184 valence electrons. The highest BCUT2D eigenvalue weighted by Gasteiger charge is 2.33. The summed E-state index contributed by atoms with van der Waals surface area (Å²) in [5.74, 6) is -0.373. The Morgan fingerprint density at radius 1 is 0.914 bits per heavy atom. The van der Waals surface area contributed by atoms with E-state index in [9.17, 15) is 14.4 Å². The first kappa shape index (κ1) is 23.4. The maximum atomic E-state index is 12.7. The SMILES string of the molecule is O=C(O)CC1CCN(C(=O)C[C@H]2CC[C@@H](NC(=O)OCC3c4ccccc4-c4ccccc43)C2)C1. The fraction of sp³-hybridized carbons (Fsp3) is 0.464. The number of carboxylic acids is 1. The van der Waals surface area contributed by atoms with E-state index in [-0.39, 0.29) is 36.1 Å². The zero-order valence-electron chi connectivity index (χ0n) is 19.8. The van der Waals surface area contributed by atoms with Crippen molar-refractivity contribution < 1.29 is 24.2 Å². The van der Waals surface area contributed by atoms with Gasteiger partial charge in [-0.3, -0.25) is 9.59 Å². The molecule has 3 aliphatic rings. The number of carboxylic acid groups (broad SMARTS) is 1. The van der Waals surface area contributed by atoms with E-state index in [1.165, 1.54) is 22.3 Å². The molecule has 2 fully saturated rings. The fourth-order valence-electron chi connectivity index (χ4n) is 6.05. The third kappa shape index (κ3) is 5.19. The van der Waals surface area contributed by atoms with E-state index in [1.54, 1.807) is 4.90 Å². The third-order valence-electron chi connectivity index (χ3n) is 7.77. The maximum Gasteiger partial charge on any atom is 0.407 e. The predicted molar refractivity (Wildman–Crippen MR) is 131 cm³/mol. The lowest BCUT2D eigenvalue weighted by molar-refractivity contribution is -0.138. The van der Waals surface area contributed by atoms with Gasteiger partial charge in [-0.05, 0) is 59.8 Å². The minimum Gasteiger partial charge on any atom is -0.481 e. The van der Waals surface area contributed by atoms with Crippen LogP contribution in [-0.2, 0) is 14.3 Å². The number of fused-ring (bicyclic) bond motifs is 3. The molecule has 7 heteroatoms. The number of amides is 2. The number of nitrogens with one attached hydrogen (secondary N) is 1. The summed E-state index contributed by atoms with van der Waals surface area (Å²) in [5, 5.41) is 12.0. The normalized spacial score (nSPS) is 23.1. The number of carbonyl (C=O) groups excluding carboxylic acids is 2. The molecule has 1 heterocycles. The molecule has 1 unspecified atom stereocenters. The molecule has 2 aromatic carbocycles. The highest BCUT2D eigenvalue weighted by atomic mass is 16.5. The Labute approximate surface area is 205 Å². The molecular formula is C28H32N2O5. The largest absolute Gasteiger partial charge is 0.481 e. The van der Waals surface area contributed by atoms with E-state index in [1.807, 2.05) is 24.3 Å². The number of benzene rings is 2. The summed E-state index contributed by atoms with van der Waals surface area (Å²) in [6.07, 6.45) is 3.44. The molecule has 0 radical (unpaired) electrons. The van der Waals surface area contributed by atoms with Crippen LogP contribution < -0.4 is 5.32 Å². The van der Waals surface area contributed by atoms with Gasteiger partial charge in [0.1, 0.15) is 6.61 Å². The second-order valence-electron chi connectivity index (χ2n) is 10.1. The van der Waals surface area contributed by atoms with Crippen molar-refractivity contribution in [2.75, 3.05) is 19.7 Å². The Hall–Kier alpha value is -3.35. The Morgan fingerprint density at radius 2 is 1.60 bits per heavy atom. The Balaban J connectivity index is 1.08. The van der Waals surface area contributed by atoms with Crippen molar-refractivity contribution in [1.29, 1.82) is 0 Å². The number of likely N-dealkylation sites (tertiary alicyclic amines) is 1. The van der Waals surface area contributed by atoms with Crippen LogP contribution in [0.25, 0.3) is 11.1 Å². The summed E-state index contributed by atoms with van der Waals surface area (Å²) >= 11 is 0. The van der Waals surface area contributed by atoms with Gasteiger partial charge in [0, 0.05) is 37.9 Å². The monoisotopic (exact) mass is 476 g/mol. The van der Waals surface area contributed by atoms with Crippen molar-refractivity contribution in [3.05, 3.63) is 59.7 Å². The molecule has 5 rings (SSSR count). The van der Waals surface area contributed by atoms with Crippen LogP contribution >= 0.6 is 0 Å². The molecule has 1 saturated heterocycles. The smallest absolute Gasteiger partial charge is 0.407 e. The first-order valence-corrected chi connectivity index (χ1v) is 12.6. The van der Waals surface area contributed by atoms with Gasteiger partial charge in [-0.15, -0.1) is 0 Å². The molecule has 1 saturated carbocycles. The van der Waals surface area contributed by atoms with Gasteiger partial charge in [-0.1, -0.05) is 48.5 Å². The van der Waals surface area contributed by atoms with Crippen LogP contribution in [0.2, 0.25) is 0 Å². The highest BCUT2D eigenvalue weighted by molar-refractivity contribution is 5.79. The van der Waals surface area contributed by atoms with Gasteiger partial charge in [0.2, 0.25) is 5.91 Å². The summed E-state index contributed by atoms with van der Waals surface area (Å²) < 4.78 is 5.67. The van der Waals surface area contributed by atoms with Gasteiger partial charge in [-0.25, -0.2) is 4.79 Å².